The van der Waals surface area contributed by atoms with Crippen LogP contribution in [0, 0.1) is 0 Å². The van der Waals surface area contributed by atoms with E-state index in [1.54, 1.807) is 6.92 Å². The van der Waals surface area contributed by atoms with Crippen molar-refractivity contribution >= 4 is 17.8 Å². The Bertz CT molecular complexity index is 469. The second-order valence-corrected chi connectivity index (χ2v) is 6.66. The molecule has 2 fully saturated rings. The van der Waals surface area contributed by atoms with Gasteiger partial charge in [0.2, 0.25) is 5.91 Å². The summed E-state index contributed by atoms with van der Waals surface area (Å²) in [6, 6.07) is -0.919. The van der Waals surface area contributed by atoms with Crippen molar-refractivity contribution in [3.63, 3.8) is 0 Å². The van der Waals surface area contributed by atoms with Crippen LogP contribution in [0.15, 0.2) is 0 Å². The SMILES string of the molecule is CC(C)NC(=O)NC(=O)C(C)N1CCN(C(=O)C2CCCO2)CC1. The van der Waals surface area contributed by atoms with Crippen LogP contribution in [0.3, 0.4) is 0 Å². The first-order chi connectivity index (χ1) is 11.4. The van der Waals surface area contributed by atoms with Gasteiger partial charge in [-0.15, -0.1) is 0 Å². The molecule has 0 radical (unpaired) electrons. The van der Waals surface area contributed by atoms with Crippen LogP contribution in [0.5, 0.6) is 0 Å². The van der Waals surface area contributed by atoms with E-state index in [1.807, 2.05) is 23.6 Å². The van der Waals surface area contributed by atoms with Gasteiger partial charge in [-0.3, -0.25) is 19.8 Å². The van der Waals surface area contributed by atoms with E-state index in [0.29, 0.717) is 32.8 Å². The topological polar surface area (TPSA) is 91.0 Å². The van der Waals surface area contributed by atoms with Crippen molar-refractivity contribution in [2.45, 2.75) is 51.8 Å². The molecular formula is C16H28N4O4. The molecule has 8 heteroatoms. The average Bonchev–Trinajstić information content (AvgIpc) is 3.07. The summed E-state index contributed by atoms with van der Waals surface area (Å²) >= 11 is 0. The van der Waals surface area contributed by atoms with Crippen LogP contribution in [-0.2, 0) is 14.3 Å². The number of nitrogens with zero attached hydrogens (tertiary/aromatic N) is 2. The number of carbonyl (C=O) groups excluding carboxylic acids is 3. The van der Waals surface area contributed by atoms with E-state index in [1.165, 1.54) is 0 Å². The van der Waals surface area contributed by atoms with E-state index >= 15 is 0 Å². The molecule has 2 rings (SSSR count). The lowest BCUT2D eigenvalue weighted by molar-refractivity contribution is -0.143. The highest BCUT2D eigenvalue weighted by Gasteiger charge is 2.32. The number of rotatable bonds is 4. The van der Waals surface area contributed by atoms with E-state index < -0.39 is 12.1 Å². The fraction of sp³-hybridized carbons (Fsp3) is 0.812. The summed E-state index contributed by atoms with van der Waals surface area (Å²) in [5.74, 6) is -0.271. The number of nitrogens with one attached hydrogen (secondary N) is 2. The van der Waals surface area contributed by atoms with Gasteiger partial charge in [-0.1, -0.05) is 0 Å². The lowest BCUT2D eigenvalue weighted by atomic mass is 10.1. The molecule has 2 saturated heterocycles. The Morgan fingerprint density at radius 3 is 2.29 bits per heavy atom. The van der Waals surface area contributed by atoms with Crippen LogP contribution in [0.4, 0.5) is 4.79 Å². The van der Waals surface area contributed by atoms with Crippen molar-refractivity contribution in [2.75, 3.05) is 32.8 Å². The minimum atomic E-state index is -0.478. The number of amides is 4. The van der Waals surface area contributed by atoms with Crippen molar-refractivity contribution in [3.05, 3.63) is 0 Å². The predicted molar refractivity (Wildman–Crippen MR) is 88.4 cm³/mol. The molecule has 8 nitrogen and oxygen atoms in total. The number of imide groups is 1. The Kier molecular flexibility index (Phi) is 6.56. The van der Waals surface area contributed by atoms with Crippen LogP contribution >= 0.6 is 0 Å². The van der Waals surface area contributed by atoms with E-state index in [4.69, 9.17) is 4.74 Å². The first-order valence-corrected chi connectivity index (χ1v) is 8.64. The smallest absolute Gasteiger partial charge is 0.321 e. The number of hydrogen-bond acceptors (Lipinski definition) is 5. The maximum absolute atomic E-state index is 12.3. The summed E-state index contributed by atoms with van der Waals surface area (Å²) in [7, 11) is 0. The molecular weight excluding hydrogens is 312 g/mol. The lowest BCUT2D eigenvalue weighted by Gasteiger charge is -2.38. The van der Waals surface area contributed by atoms with Gasteiger partial charge in [-0.2, -0.15) is 0 Å². The van der Waals surface area contributed by atoms with Crippen LogP contribution in [0.2, 0.25) is 0 Å². The molecule has 2 atom stereocenters. The van der Waals surface area contributed by atoms with Crippen LogP contribution in [-0.4, -0.2) is 78.6 Å². The zero-order valence-electron chi connectivity index (χ0n) is 14.7. The molecule has 136 valence electrons. The molecule has 0 bridgehead atoms. The minimum Gasteiger partial charge on any atom is -0.368 e. The number of carbonyl (C=O) groups is 3. The molecule has 2 aliphatic heterocycles. The third-order valence-electron chi connectivity index (χ3n) is 4.41. The summed E-state index contributed by atoms with van der Waals surface area (Å²) in [5, 5.41) is 4.98. The number of piperazine rings is 1. The molecule has 2 N–H and O–H groups in total. The summed E-state index contributed by atoms with van der Waals surface area (Å²) in [5.41, 5.74) is 0. The molecule has 0 spiro atoms. The quantitative estimate of drug-likeness (QED) is 0.748. The Hall–Kier alpha value is -1.67. The zero-order chi connectivity index (χ0) is 17.7. The van der Waals surface area contributed by atoms with Gasteiger partial charge in [0.1, 0.15) is 6.10 Å². The molecule has 0 aliphatic carbocycles. The second kappa shape index (κ2) is 8.43. The van der Waals surface area contributed by atoms with Gasteiger partial charge < -0.3 is 15.0 Å². The third kappa shape index (κ3) is 4.91. The molecule has 2 unspecified atom stereocenters. The summed E-state index contributed by atoms with van der Waals surface area (Å²) < 4.78 is 5.44. The normalized spacial score (nSPS) is 23.2. The molecule has 24 heavy (non-hydrogen) atoms. The highest BCUT2D eigenvalue weighted by molar-refractivity contribution is 5.96. The van der Waals surface area contributed by atoms with Crippen LogP contribution < -0.4 is 10.6 Å². The molecule has 0 aromatic heterocycles. The minimum absolute atomic E-state index is 0.0273. The van der Waals surface area contributed by atoms with Crippen LogP contribution in [0.25, 0.3) is 0 Å². The van der Waals surface area contributed by atoms with Crippen molar-refractivity contribution in [1.29, 1.82) is 0 Å². The Balaban J connectivity index is 1.77. The average molecular weight is 340 g/mol. The van der Waals surface area contributed by atoms with Gasteiger partial charge in [0, 0.05) is 38.8 Å². The fourth-order valence-electron chi connectivity index (χ4n) is 2.99. The van der Waals surface area contributed by atoms with Gasteiger partial charge in [0.25, 0.3) is 5.91 Å². The maximum Gasteiger partial charge on any atom is 0.321 e. The Morgan fingerprint density at radius 1 is 1.08 bits per heavy atom. The van der Waals surface area contributed by atoms with Gasteiger partial charge >= 0.3 is 6.03 Å². The standard InChI is InChI=1S/C16H28N4O4/c1-11(2)17-16(23)18-14(21)12(3)19-6-8-20(9-7-19)15(22)13-5-4-10-24-13/h11-13H,4-10H2,1-3H3,(H2,17,18,21,23). The lowest BCUT2D eigenvalue weighted by Crippen LogP contribution is -2.57. The Morgan fingerprint density at radius 2 is 1.75 bits per heavy atom. The first-order valence-electron chi connectivity index (χ1n) is 8.64. The summed E-state index contributed by atoms with van der Waals surface area (Å²) in [6.45, 7) is 8.47. The first kappa shape index (κ1) is 18.7. The highest BCUT2D eigenvalue weighted by atomic mass is 16.5. The number of urea groups is 1. The van der Waals surface area contributed by atoms with Gasteiger partial charge in [-0.25, -0.2) is 4.79 Å². The van der Waals surface area contributed by atoms with Crippen molar-refractivity contribution < 1.29 is 19.1 Å². The second-order valence-electron chi connectivity index (χ2n) is 6.66. The Labute approximate surface area is 142 Å². The molecule has 0 saturated carbocycles. The number of ether oxygens (including phenoxy) is 1. The van der Waals surface area contributed by atoms with Gasteiger partial charge in [0.15, 0.2) is 0 Å². The predicted octanol–water partition coefficient (Wildman–Crippen LogP) is -0.0677. The third-order valence-corrected chi connectivity index (χ3v) is 4.41. The van der Waals surface area contributed by atoms with E-state index in [-0.39, 0.29) is 24.0 Å². The maximum atomic E-state index is 12.3. The monoisotopic (exact) mass is 340 g/mol. The van der Waals surface area contributed by atoms with E-state index in [2.05, 4.69) is 10.6 Å². The zero-order valence-corrected chi connectivity index (χ0v) is 14.7. The molecule has 4 amide bonds. The molecule has 2 aliphatic rings. The molecule has 2 heterocycles. The summed E-state index contributed by atoms with van der Waals surface area (Å²) in [6.07, 6.45) is 1.44. The van der Waals surface area contributed by atoms with Crippen molar-refractivity contribution in [3.8, 4) is 0 Å². The van der Waals surface area contributed by atoms with Crippen molar-refractivity contribution in [1.82, 2.24) is 20.4 Å². The highest BCUT2D eigenvalue weighted by Crippen LogP contribution is 2.16. The van der Waals surface area contributed by atoms with Crippen LogP contribution in [0.1, 0.15) is 33.6 Å². The van der Waals surface area contributed by atoms with Gasteiger partial charge in [-0.05, 0) is 33.6 Å². The number of hydrogen-bond donors (Lipinski definition) is 2. The van der Waals surface area contributed by atoms with Crippen molar-refractivity contribution in [2.24, 2.45) is 0 Å². The fourth-order valence-corrected chi connectivity index (χ4v) is 2.99. The van der Waals surface area contributed by atoms with Gasteiger partial charge in [0.05, 0.1) is 6.04 Å². The van der Waals surface area contributed by atoms with E-state index in [0.717, 1.165) is 12.8 Å². The van der Waals surface area contributed by atoms with E-state index in [9.17, 15) is 14.4 Å². The molecule has 0 aromatic carbocycles. The summed E-state index contributed by atoms with van der Waals surface area (Å²) in [4.78, 5) is 39.9. The largest absolute Gasteiger partial charge is 0.368 e. The molecule has 0 aromatic rings.